The van der Waals surface area contributed by atoms with Crippen LogP contribution in [0.2, 0.25) is 0 Å². The van der Waals surface area contributed by atoms with E-state index >= 15 is 0 Å². The topological polar surface area (TPSA) is 102 Å². The number of nitrogens with zero attached hydrogens (tertiary/aromatic N) is 1. The second kappa shape index (κ2) is 8.80. The average molecular weight is 360 g/mol. The van der Waals surface area contributed by atoms with Crippen LogP contribution in [0.25, 0.3) is 6.08 Å². The molecule has 0 radical (unpaired) electrons. The Morgan fingerprint density at radius 3 is 2.58 bits per heavy atom. The van der Waals surface area contributed by atoms with Gasteiger partial charge in [-0.1, -0.05) is 24.3 Å². The number of hydrogen-bond donors (Lipinski definition) is 1. The smallest absolute Gasteiger partial charge is 0.413 e. The van der Waals surface area contributed by atoms with Gasteiger partial charge in [0.1, 0.15) is 0 Å². The molecule has 26 heavy (non-hydrogen) atoms. The molecule has 8 nitrogen and oxygen atoms in total. The summed E-state index contributed by atoms with van der Waals surface area (Å²) in [6.45, 7) is 2.51. The third-order valence-electron chi connectivity index (χ3n) is 3.71. The van der Waals surface area contributed by atoms with E-state index in [1.807, 2.05) is 29.6 Å². The first-order chi connectivity index (χ1) is 12.4. The summed E-state index contributed by atoms with van der Waals surface area (Å²) in [4.78, 5) is 48.1. The first-order valence-electron chi connectivity index (χ1n) is 8.10. The van der Waals surface area contributed by atoms with Crippen molar-refractivity contribution in [1.29, 1.82) is 0 Å². The van der Waals surface area contributed by atoms with Crippen molar-refractivity contribution in [3.63, 3.8) is 0 Å². The summed E-state index contributed by atoms with van der Waals surface area (Å²) < 4.78 is 9.47. The summed E-state index contributed by atoms with van der Waals surface area (Å²) in [5.41, 5.74) is 1.72. The second-order valence-electron chi connectivity index (χ2n) is 5.52. The lowest BCUT2D eigenvalue weighted by atomic mass is 9.94. The highest BCUT2D eigenvalue weighted by molar-refractivity contribution is 5.93. The number of nitrogens with one attached hydrogen (secondary N) is 1. The van der Waals surface area contributed by atoms with Crippen LogP contribution in [0.4, 0.5) is 4.79 Å². The molecule has 0 unspecified atom stereocenters. The molecule has 1 aliphatic rings. The molecule has 0 aromatic heterocycles. The number of rotatable bonds is 5. The van der Waals surface area contributed by atoms with Crippen LogP contribution in [0.5, 0.6) is 0 Å². The minimum atomic E-state index is -0.900. The van der Waals surface area contributed by atoms with E-state index in [2.05, 4.69) is 4.74 Å². The number of ether oxygens (including phenoxy) is 2. The Morgan fingerprint density at radius 2 is 1.88 bits per heavy atom. The monoisotopic (exact) mass is 360 g/mol. The number of amides is 3. The fourth-order valence-electron chi connectivity index (χ4n) is 2.59. The first kappa shape index (κ1) is 19.2. The van der Waals surface area contributed by atoms with E-state index in [1.54, 1.807) is 19.2 Å². The molecule has 1 N–H and O–H groups in total. The molecule has 0 saturated carbocycles. The van der Waals surface area contributed by atoms with Crippen LogP contribution >= 0.6 is 0 Å². The molecular formula is C18H20N2O6. The van der Waals surface area contributed by atoms with Gasteiger partial charge in [-0.25, -0.2) is 4.79 Å². The number of imide groups is 1. The van der Waals surface area contributed by atoms with Crippen molar-refractivity contribution < 1.29 is 28.7 Å². The molecule has 138 valence electrons. The summed E-state index contributed by atoms with van der Waals surface area (Å²) in [5.74, 6) is -1.66. The number of esters is 1. The Morgan fingerprint density at radius 1 is 1.15 bits per heavy atom. The van der Waals surface area contributed by atoms with Crippen LogP contribution in [-0.4, -0.2) is 42.0 Å². The summed E-state index contributed by atoms with van der Waals surface area (Å²) in [6.07, 6.45) is 2.40. The van der Waals surface area contributed by atoms with Gasteiger partial charge in [0.2, 0.25) is 5.91 Å². The van der Waals surface area contributed by atoms with E-state index in [1.165, 1.54) is 11.8 Å². The van der Waals surface area contributed by atoms with Gasteiger partial charge >= 0.3 is 12.1 Å². The standard InChI is InChI=1S/C18H20N2O6/c1-3-25-18(24)19-16(22)11-26-17(23)10-15-14-7-5-4-6-13(14)8-9-20(15)12(2)21/h4-9,15H,3,10-11H2,1-2H3,(H,19,22,24)/t15-/m1/s1. The molecule has 0 bridgehead atoms. The molecule has 0 spiro atoms. The van der Waals surface area contributed by atoms with Crippen molar-refractivity contribution in [2.45, 2.75) is 26.3 Å². The van der Waals surface area contributed by atoms with Gasteiger partial charge in [0.25, 0.3) is 5.91 Å². The van der Waals surface area contributed by atoms with Gasteiger partial charge in [-0.15, -0.1) is 0 Å². The third-order valence-corrected chi connectivity index (χ3v) is 3.71. The molecule has 1 aromatic carbocycles. The minimum absolute atomic E-state index is 0.117. The lowest BCUT2D eigenvalue weighted by Gasteiger charge is -2.32. The van der Waals surface area contributed by atoms with Gasteiger partial charge in [-0.3, -0.25) is 19.7 Å². The summed E-state index contributed by atoms with van der Waals surface area (Å²) >= 11 is 0. The van der Waals surface area contributed by atoms with Gasteiger partial charge in [-0.05, 0) is 24.1 Å². The number of carbonyl (C=O) groups is 4. The van der Waals surface area contributed by atoms with Crippen LogP contribution in [0.1, 0.15) is 37.4 Å². The molecule has 0 aliphatic carbocycles. The van der Waals surface area contributed by atoms with Gasteiger partial charge in [0.15, 0.2) is 6.61 Å². The van der Waals surface area contributed by atoms with E-state index < -0.39 is 30.6 Å². The molecular weight excluding hydrogens is 340 g/mol. The van der Waals surface area contributed by atoms with E-state index in [0.29, 0.717) is 0 Å². The van der Waals surface area contributed by atoms with E-state index in [9.17, 15) is 19.2 Å². The fraction of sp³-hybridized carbons (Fsp3) is 0.333. The van der Waals surface area contributed by atoms with Gasteiger partial charge in [0, 0.05) is 13.1 Å². The number of fused-ring (bicyclic) bond motifs is 1. The summed E-state index contributed by atoms with van der Waals surface area (Å²) in [5, 5.41) is 1.93. The Kier molecular flexibility index (Phi) is 6.48. The number of benzene rings is 1. The van der Waals surface area contributed by atoms with Gasteiger partial charge in [0.05, 0.1) is 19.1 Å². The van der Waals surface area contributed by atoms with Gasteiger partial charge in [-0.2, -0.15) is 0 Å². The van der Waals surface area contributed by atoms with Crippen molar-refractivity contribution in [2.24, 2.45) is 0 Å². The average Bonchev–Trinajstić information content (AvgIpc) is 2.60. The Bertz CT molecular complexity index is 743. The number of hydrogen-bond acceptors (Lipinski definition) is 6. The molecule has 1 aliphatic heterocycles. The van der Waals surface area contributed by atoms with Crippen molar-refractivity contribution in [1.82, 2.24) is 10.2 Å². The van der Waals surface area contributed by atoms with Crippen LogP contribution in [0.15, 0.2) is 30.5 Å². The first-order valence-corrected chi connectivity index (χ1v) is 8.10. The lowest BCUT2D eigenvalue weighted by molar-refractivity contribution is -0.150. The summed E-state index contributed by atoms with van der Waals surface area (Å²) in [7, 11) is 0. The van der Waals surface area contributed by atoms with Crippen LogP contribution in [0.3, 0.4) is 0 Å². The van der Waals surface area contributed by atoms with Crippen molar-refractivity contribution in [2.75, 3.05) is 13.2 Å². The predicted octanol–water partition coefficient (Wildman–Crippen LogP) is 1.77. The number of carbonyl (C=O) groups excluding carboxylic acids is 4. The lowest BCUT2D eigenvalue weighted by Crippen LogP contribution is -2.36. The fourth-order valence-corrected chi connectivity index (χ4v) is 2.59. The third kappa shape index (κ3) is 4.92. The summed E-state index contributed by atoms with van der Waals surface area (Å²) in [6, 6.07) is 6.88. The maximum Gasteiger partial charge on any atom is 0.413 e. The largest absolute Gasteiger partial charge is 0.455 e. The molecule has 1 aromatic rings. The molecule has 0 saturated heterocycles. The maximum atomic E-state index is 12.1. The van der Waals surface area contributed by atoms with Crippen LogP contribution in [-0.2, 0) is 23.9 Å². The zero-order valence-electron chi connectivity index (χ0n) is 14.6. The Balaban J connectivity index is 1.98. The molecule has 2 rings (SSSR count). The Hall–Kier alpha value is -3.16. The van der Waals surface area contributed by atoms with Gasteiger partial charge < -0.3 is 14.4 Å². The Labute approximate surface area is 150 Å². The normalized spacial score (nSPS) is 15.0. The zero-order chi connectivity index (χ0) is 19.1. The van der Waals surface area contributed by atoms with E-state index in [-0.39, 0.29) is 18.9 Å². The SMILES string of the molecule is CCOC(=O)NC(=O)COC(=O)C[C@@H]1c2ccccc2C=CN1C(C)=O. The van der Waals surface area contributed by atoms with E-state index in [0.717, 1.165) is 11.1 Å². The zero-order valence-corrected chi connectivity index (χ0v) is 14.6. The van der Waals surface area contributed by atoms with Crippen LogP contribution < -0.4 is 5.32 Å². The highest BCUT2D eigenvalue weighted by Crippen LogP contribution is 2.32. The predicted molar refractivity (Wildman–Crippen MR) is 91.5 cm³/mol. The van der Waals surface area contributed by atoms with Crippen LogP contribution in [0, 0.1) is 0 Å². The van der Waals surface area contributed by atoms with Crippen molar-refractivity contribution in [3.8, 4) is 0 Å². The minimum Gasteiger partial charge on any atom is -0.455 e. The molecule has 8 heteroatoms. The molecule has 0 fully saturated rings. The second-order valence-corrected chi connectivity index (χ2v) is 5.52. The highest BCUT2D eigenvalue weighted by Gasteiger charge is 2.29. The number of alkyl carbamates (subject to hydrolysis) is 1. The quantitative estimate of drug-likeness (QED) is 0.803. The molecule has 1 heterocycles. The van der Waals surface area contributed by atoms with Crippen molar-refractivity contribution in [3.05, 3.63) is 41.6 Å². The highest BCUT2D eigenvalue weighted by atomic mass is 16.6. The van der Waals surface area contributed by atoms with Crippen molar-refractivity contribution >= 4 is 30.0 Å². The molecule has 3 amide bonds. The maximum absolute atomic E-state index is 12.1. The van der Waals surface area contributed by atoms with E-state index in [4.69, 9.17) is 4.74 Å². The molecule has 1 atom stereocenters.